The number of anilines is 1. The number of nitrogens with zero attached hydrogens (tertiary/aromatic N) is 2. The molecule has 0 fully saturated rings. The second-order valence-electron chi connectivity index (χ2n) is 6.63. The van der Waals surface area contributed by atoms with E-state index in [1.165, 1.54) is 19.2 Å². The fraction of sp³-hybridized carbons (Fsp3) is 0.182. The third-order valence-electron chi connectivity index (χ3n) is 4.20. The Bertz CT molecular complexity index is 1040. The summed E-state index contributed by atoms with van der Waals surface area (Å²) in [7, 11) is 1.49. The van der Waals surface area contributed by atoms with Gasteiger partial charge in [-0.1, -0.05) is 30.3 Å². The molecule has 0 aliphatic carbocycles. The van der Waals surface area contributed by atoms with Crippen LogP contribution in [-0.4, -0.2) is 41.9 Å². The van der Waals surface area contributed by atoms with E-state index in [0.717, 1.165) is 4.90 Å². The van der Waals surface area contributed by atoms with Gasteiger partial charge < -0.3 is 14.6 Å². The molecule has 3 amide bonds. The summed E-state index contributed by atoms with van der Waals surface area (Å²) in [6, 6.07) is 13.5. The predicted molar refractivity (Wildman–Crippen MR) is 111 cm³/mol. The SMILES string of the molecule is COc1ccc(N2C(=O)N=C(C(C(=O)OC(C)C)=C(O)c3ccccc3)C2=O)cc1. The number of ether oxygens (including phenoxy) is 2. The molecular weight excluding hydrogens is 388 g/mol. The molecule has 1 N–H and O–H groups in total. The third-order valence-corrected chi connectivity index (χ3v) is 4.20. The van der Waals surface area contributed by atoms with Gasteiger partial charge in [-0.2, -0.15) is 4.99 Å². The Morgan fingerprint density at radius 2 is 1.67 bits per heavy atom. The number of esters is 1. The highest BCUT2D eigenvalue weighted by molar-refractivity contribution is 6.62. The number of aliphatic hydroxyl groups excluding tert-OH is 1. The van der Waals surface area contributed by atoms with Crippen LogP contribution in [0.4, 0.5) is 10.5 Å². The van der Waals surface area contributed by atoms with Crippen LogP contribution in [0.1, 0.15) is 19.4 Å². The number of benzene rings is 2. The first-order valence-electron chi connectivity index (χ1n) is 9.14. The maximum atomic E-state index is 13.0. The summed E-state index contributed by atoms with van der Waals surface area (Å²) in [5.74, 6) is -1.76. The molecule has 1 heterocycles. The lowest BCUT2D eigenvalue weighted by atomic mass is 10.0. The van der Waals surface area contributed by atoms with Crippen LogP contribution >= 0.6 is 0 Å². The minimum absolute atomic E-state index is 0.250. The van der Waals surface area contributed by atoms with E-state index in [1.807, 2.05) is 0 Å². The van der Waals surface area contributed by atoms with E-state index in [4.69, 9.17) is 9.47 Å². The van der Waals surface area contributed by atoms with Crippen LogP contribution in [0.15, 0.2) is 65.2 Å². The molecule has 0 unspecified atom stereocenters. The van der Waals surface area contributed by atoms with Crippen LogP contribution in [0.25, 0.3) is 5.76 Å². The molecule has 0 saturated heterocycles. The maximum absolute atomic E-state index is 13.0. The van der Waals surface area contributed by atoms with E-state index in [0.29, 0.717) is 5.75 Å². The number of amides is 3. The monoisotopic (exact) mass is 408 g/mol. The molecule has 2 aromatic rings. The number of urea groups is 1. The number of imide groups is 1. The van der Waals surface area contributed by atoms with Crippen molar-refractivity contribution in [2.75, 3.05) is 12.0 Å². The van der Waals surface area contributed by atoms with Crippen LogP contribution in [0, 0.1) is 0 Å². The van der Waals surface area contributed by atoms with E-state index in [1.54, 1.807) is 56.3 Å². The molecule has 30 heavy (non-hydrogen) atoms. The summed E-state index contributed by atoms with van der Waals surface area (Å²) in [6.45, 7) is 3.25. The van der Waals surface area contributed by atoms with Crippen molar-refractivity contribution in [1.82, 2.24) is 0 Å². The van der Waals surface area contributed by atoms with Crippen LogP contribution in [0.2, 0.25) is 0 Å². The largest absolute Gasteiger partial charge is 0.506 e. The lowest BCUT2D eigenvalue weighted by Gasteiger charge is -2.15. The molecule has 8 nitrogen and oxygen atoms in total. The zero-order valence-corrected chi connectivity index (χ0v) is 16.7. The molecule has 1 aliphatic heterocycles. The van der Waals surface area contributed by atoms with Crippen molar-refractivity contribution in [3.05, 3.63) is 65.7 Å². The Labute approximate surface area is 173 Å². The minimum Gasteiger partial charge on any atom is -0.506 e. The Morgan fingerprint density at radius 1 is 1.03 bits per heavy atom. The number of aliphatic hydroxyl groups is 1. The number of aliphatic imine (C=N–C) groups is 1. The summed E-state index contributed by atoms with van der Waals surface area (Å²) in [6.07, 6.45) is -0.512. The average Bonchev–Trinajstić information content (AvgIpc) is 3.02. The first kappa shape index (κ1) is 20.8. The van der Waals surface area contributed by atoms with Gasteiger partial charge in [0, 0.05) is 5.56 Å². The van der Waals surface area contributed by atoms with Gasteiger partial charge in [0.1, 0.15) is 17.1 Å². The Morgan fingerprint density at radius 3 is 2.23 bits per heavy atom. The Hall–Kier alpha value is -3.94. The van der Waals surface area contributed by atoms with E-state index in [9.17, 15) is 19.5 Å². The summed E-state index contributed by atoms with van der Waals surface area (Å²) >= 11 is 0. The van der Waals surface area contributed by atoms with E-state index >= 15 is 0 Å². The second-order valence-corrected chi connectivity index (χ2v) is 6.63. The highest BCUT2D eigenvalue weighted by atomic mass is 16.5. The Balaban J connectivity index is 2.05. The van der Waals surface area contributed by atoms with Gasteiger partial charge in [-0.05, 0) is 38.1 Å². The van der Waals surface area contributed by atoms with Crippen molar-refractivity contribution < 1.29 is 29.0 Å². The topological polar surface area (TPSA) is 106 Å². The van der Waals surface area contributed by atoms with Gasteiger partial charge in [-0.15, -0.1) is 0 Å². The number of methoxy groups -OCH3 is 1. The first-order chi connectivity index (χ1) is 14.3. The summed E-state index contributed by atoms with van der Waals surface area (Å²) in [4.78, 5) is 42.8. The van der Waals surface area contributed by atoms with Gasteiger partial charge in [0.05, 0.1) is 18.9 Å². The molecule has 0 saturated carbocycles. The van der Waals surface area contributed by atoms with Crippen LogP contribution < -0.4 is 9.64 Å². The molecule has 3 rings (SSSR count). The minimum atomic E-state index is -0.956. The number of hydrogen-bond donors (Lipinski definition) is 1. The second kappa shape index (κ2) is 8.60. The van der Waals surface area contributed by atoms with Crippen molar-refractivity contribution in [2.45, 2.75) is 20.0 Å². The zero-order valence-electron chi connectivity index (χ0n) is 16.7. The number of carbonyl (C=O) groups is 3. The van der Waals surface area contributed by atoms with Gasteiger partial charge in [0.2, 0.25) is 0 Å². The van der Waals surface area contributed by atoms with E-state index in [2.05, 4.69) is 4.99 Å². The Kier molecular flexibility index (Phi) is 5.96. The molecule has 154 valence electrons. The van der Waals surface area contributed by atoms with E-state index in [-0.39, 0.29) is 11.3 Å². The van der Waals surface area contributed by atoms with Gasteiger partial charge in [-0.25, -0.2) is 14.5 Å². The molecule has 0 radical (unpaired) electrons. The fourth-order valence-electron chi connectivity index (χ4n) is 2.83. The lowest BCUT2D eigenvalue weighted by Crippen LogP contribution is -2.35. The van der Waals surface area contributed by atoms with Gasteiger partial charge in [0.15, 0.2) is 5.71 Å². The molecule has 8 heteroatoms. The normalized spacial score (nSPS) is 14.5. The first-order valence-corrected chi connectivity index (χ1v) is 9.14. The van der Waals surface area contributed by atoms with Crippen molar-refractivity contribution in [3.8, 4) is 5.75 Å². The number of rotatable bonds is 6. The summed E-state index contributed by atoms with van der Waals surface area (Å²) in [5.41, 5.74) is -0.425. The van der Waals surface area contributed by atoms with E-state index < -0.39 is 41.1 Å². The molecule has 1 aliphatic rings. The molecule has 2 aromatic carbocycles. The molecule has 0 spiro atoms. The molecular formula is C22H20N2O6. The highest BCUT2D eigenvalue weighted by Gasteiger charge is 2.40. The van der Waals surface area contributed by atoms with Crippen molar-refractivity contribution in [3.63, 3.8) is 0 Å². The summed E-state index contributed by atoms with van der Waals surface area (Å²) < 4.78 is 10.3. The highest BCUT2D eigenvalue weighted by Crippen LogP contribution is 2.27. The quantitative estimate of drug-likeness (QED) is 0.445. The van der Waals surface area contributed by atoms with Crippen molar-refractivity contribution in [1.29, 1.82) is 0 Å². The molecule has 0 bridgehead atoms. The standard InChI is InChI=1S/C22H20N2O6/c1-13(2)30-21(27)17(19(25)14-7-5-4-6-8-14)18-20(26)24(22(28)23-18)15-9-11-16(29-3)12-10-15/h4-13,25H,1-3H3. The van der Waals surface area contributed by atoms with Gasteiger partial charge >= 0.3 is 12.0 Å². The van der Waals surface area contributed by atoms with Gasteiger partial charge in [-0.3, -0.25) is 4.79 Å². The molecule has 0 atom stereocenters. The zero-order chi connectivity index (χ0) is 21.8. The fourth-order valence-corrected chi connectivity index (χ4v) is 2.83. The average molecular weight is 408 g/mol. The number of carbonyl (C=O) groups excluding carboxylic acids is 3. The smallest absolute Gasteiger partial charge is 0.355 e. The van der Waals surface area contributed by atoms with Crippen molar-refractivity contribution in [2.24, 2.45) is 4.99 Å². The van der Waals surface area contributed by atoms with Crippen LogP contribution in [-0.2, 0) is 14.3 Å². The van der Waals surface area contributed by atoms with Crippen LogP contribution in [0.5, 0.6) is 5.75 Å². The van der Waals surface area contributed by atoms with Crippen LogP contribution in [0.3, 0.4) is 0 Å². The maximum Gasteiger partial charge on any atom is 0.355 e. The molecule has 0 aromatic heterocycles. The number of hydrogen-bond acceptors (Lipinski definition) is 6. The van der Waals surface area contributed by atoms with Gasteiger partial charge in [0.25, 0.3) is 5.91 Å². The summed E-state index contributed by atoms with van der Waals surface area (Å²) in [5, 5.41) is 10.8. The predicted octanol–water partition coefficient (Wildman–Crippen LogP) is 3.52. The third kappa shape index (κ3) is 4.07. The van der Waals surface area contributed by atoms with Crippen molar-refractivity contribution >= 4 is 35.1 Å². The lowest BCUT2D eigenvalue weighted by molar-refractivity contribution is -0.142.